The Morgan fingerprint density at radius 1 is 1.06 bits per heavy atom. The molecule has 1 N–H and O–H groups in total. The second-order valence-corrected chi connectivity index (χ2v) is 9.12. The zero-order chi connectivity index (χ0) is 24.6. The minimum atomic E-state index is -0.557. The van der Waals surface area contributed by atoms with E-state index in [1.165, 1.54) is 22.5 Å². The van der Waals surface area contributed by atoms with Gasteiger partial charge in [0.1, 0.15) is 18.7 Å². The van der Waals surface area contributed by atoms with Crippen molar-refractivity contribution < 1.29 is 14.3 Å². The summed E-state index contributed by atoms with van der Waals surface area (Å²) in [6.45, 7) is 0.854. The van der Waals surface area contributed by atoms with E-state index >= 15 is 0 Å². The lowest BCUT2D eigenvalue weighted by Crippen LogP contribution is -2.33. The van der Waals surface area contributed by atoms with E-state index in [1.807, 2.05) is 24.3 Å². The first-order valence-corrected chi connectivity index (χ1v) is 12.1. The first kappa shape index (κ1) is 22.3. The van der Waals surface area contributed by atoms with Gasteiger partial charge >= 0.3 is 0 Å². The van der Waals surface area contributed by atoms with Crippen LogP contribution in [0.2, 0.25) is 5.02 Å². The van der Waals surface area contributed by atoms with Gasteiger partial charge < -0.3 is 9.47 Å². The molecule has 4 heterocycles. The maximum Gasteiger partial charge on any atom is 0.299 e. The van der Waals surface area contributed by atoms with Crippen LogP contribution in [-0.4, -0.2) is 48.6 Å². The van der Waals surface area contributed by atoms with Crippen LogP contribution in [0.15, 0.2) is 64.7 Å². The number of fused-ring (bicyclic) bond motifs is 4. The molecular weight excluding hydrogens is 506 g/mol. The third-order valence-electron chi connectivity index (χ3n) is 5.39. The van der Waals surface area contributed by atoms with Gasteiger partial charge in [0, 0.05) is 22.5 Å². The molecule has 0 aliphatic carbocycles. The van der Waals surface area contributed by atoms with Gasteiger partial charge in [0.25, 0.3) is 17.2 Å². The molecule has 0 spiro atoms. The third-order valence-corrected chi connectivity index (χ3v) is 6.55. The fourth-order valence-electron chi connectivity index (χ4n) is 3.62. The molecule has 0 atom stereocenters. The fraction of sp³-hybridized carbons (Fsp3) is 0.130. The summed E-state index contributed by atoms with van der Waals surface area (Å²) in [7, 11) is 0. The maximum atomic E-state index is 13.0. The summed E-state index contributed by atoms with van der Waals surface area (Å²) in [6.07, 6.45) is 1.43. The monoisotopic (exact) mass is 521 g/mol. The second-order valence-electron chi connectivity index (χ2n) is 7.75. The lowest BCUT2D eigenvalue weighted by atomic mass is 10.2. The van der Waals surface area contributed by atoms with Crippen molar-refractivity contribution in [1.82, 2.24) is 29.5 Å². The number of thioether (sulfide) groups is 1. The van der Waals surface area contributed by atoms with Crippen molar-refractivity contribution in [2.75, 3.05) is 18.6 Å². The molecule has 0 radical (unpaired) electrons. The number of carbonyl (C=O) groups excluding carboxylic acids is 1. The van der Waals surface area contributed by atoms with Crippen LogP contribution in [0.1, 0.15) is 15.9 Å². The Hall–Kier alpha value is -4.16. The second kappa shape index (κ2) is 9.13. The van der Waals surface area contributed by atoms with E-state index < -0.39 is 11.5 Å². The number of hydrogen-bond acceptors (Lipinski definition) is 9. The van der Waals surface area contributed by atoms with Gasteiger partial charge in [0.2, 0.25) is 5.16 Å². The molecule has 0 fully saturated rings. The molecule has 5 aromatic rings. The van der Waals surface area contributed by atoms with Crippen molar-refractivity contribution in [2.24, 2.45) is 0 Å². The number of halogens is 1. The molecule has 2 aromatic carbocycles. The number of hydrogen-bond donors (Lipinski definition) is 1. The van der Waals surface area contributed by atoms with Gasteiger partial charge in [-0.25, -0.2) is 4.68 Å². The zero-order valence-electron chi connectivity index (χ0n) is 18.4. The molecule has 36 heavy (non-hydrogen) atoms. The van der Waals surface area contributed by atoms with Gasteiger partial charge in [-0.3, -0.25) is 15.0 Å². The van der Waals surface area contributed by atoms with Crippen molar-refractivity contribution in [3.8, 4) is 11.5 Å². The number of nitrogens with zero attached hydrogens (tertiary/aromatic N) is 6. The number of benzene rings is 2. The van der Waals surface area contributed by atoms with E-state index in [1.54, 1.807) is 24.3 Å². The molecule has 0 bridgehead atoms. The molecule has 11 nitrogen and oxygen atoms in total. The molecule has 1 aliphatic heterocycles. The van der Waals surface area contributed by atoms with Crippen molar-refractivity contribution >= 4 is 46.1 Å². The standard InChI is InChI=1S/C23H16ClN7O4S/c24-15-4-1-13(2-5-15)12-36-23-25-22-27-26-19-16(31(22)29-23)7-8-30(21(19)33)28-20(32)14-3-6-17-18(11-14)35-10-9-34-17/h1-8,11H,9-10,12H2,(H,28,32). The minimum absolute atomic E-state index is 0.0339. The Labute approximate surface area is 212 Å². The molecule has 1 amide bonds. The normalized spacial score (nSPS) is 12.7. The molecule has 6 rings (SSSR count). The molecule has 180 valence electrons. The van der Waals surface area contributed by atoms with Gasteiger partial charge in [-0.15, -0.1) is 15.3 Å². The SMILES string of the molecule is O=C(Nn1ccc2c(nnc3nc(SCc4ccc(Cl)cc4)nn32)c1=O)c1ccc2c(c1)OCCO2. The number of aromatic nitrogens is 6. The molecule has 0 unspecified atom stereocenters. The summed E-state index contributed by atoms with van der Waals surface area (Å²) in [5.74, 6) is 1.45. The Morgan fingerprint density at radius 3 is 2.69 bits per heavy atom. The van der Waals surface area contributed by atoms with E-state index in [9.17, 15) is 9.59 Å². The van der Waals surface area contributed by atoms with Gasteiger partial charge in [-0.05, 0) is 42.0 Å². The molecular formula is C23H16ClN7O4S. The summed E-state index contributed by atoms with van der Waals surface area (Å²) >= 11 is 7.36. The van der Waals surface area contributed by atoms with Crippen LogP contribution >= 0.6 is 23.4 Å². The average Bonchev–Trinajstić information content (AvgIpc) is 3.33. The third kappa shape index (κ3) is 4.20. The summed E-state index contributed by atoms with van der Waals surface area (Å²) in [4.78, 5) is 30.2. The average molecular weight is 522 g/mol. The van der Waals surface area contributed by atoms with Crippen molar-refractivity contribution in [3.63, 3.8) is 0 Å². The van der Waals surface area contributed by atoms with Crippen LogP contribution in [0.25, 0.3) is 16.8 Å². The van der Waals surface area contributed by atoms with E-state index in [0.717, 1.165) is 10.2 Å². The first-order valence-electron chi connectivity index (χ1n) is 10.8. The number of rotatable bonds is 5. The van der Waals surface area contributed by atoms with Crippen LogP contribution in [-0.2, 0) is 5.75 Å². The Bertz CT molecular complexity index is 1690. The topological polar surface area (TPSA) is 126 Å². The number of nitrogens with one attached hydrogen (secondary N) is 1. The highest BCUT2D eigenvalue weighted by Crippen LogP contribution is 2.30. The highest BCUT2D eigenvalue weighted by Gasteiger charge is 2.17. The molecule has 0 saturated heterocycles. The summed E-state index contributed by atoms with van der Waals surface area (Å²) in [5.41, 5.74) is 3.83. The highest BCUT2D eigenvalue weighted by atomic mass is 35.5. The van der Waals surface area contributed by atoms with Gasteiger partial charge in [0.05, 0.1) is 0 Å². The predicted octanol–water partition coefficient (Wildman–Crippen LogP) is 2.94. The zero-order valence-corrected chi connectivity index (χ0v) is 20.0. The van der Waals surface area contributed by atoms with E-state index in [0.29, 0.717) is 51.7 Å². The number of pyridine rings is 1. The first-order chi connectivity index (χ1) is 17.5. The van der Waals surface area contributed by atoms with E-state index in [-0.39, 0.29) is 11.3 Å². The van der Waals surface area contributed by atoms with E-state index in [2.05, 4.69) is 25.7 Å². The summed E-state index contributed by atoms with van der Waals surface area (Å²) in [5, 5.41) is 13.7. The van der Waals surface area contributed by atoms with Crippen molar-refractivity contribution in [2.45, 2.75) is 10.9 Å². The lowest BCUT2D eigenvalue weighted by Gasteiger charge is -2.18. The molecule has 13 heteroatoms. The van der Waals surface area contributed by atoms with Crippen LogP contribution in [0.4, 0.5) is 0 Å². The van der Waals surface area contributed by atoms with Crippen molar-refractivity contribution in [1.29, 1.82) is 0 Å². The lowest BCUT2D eigenvalue weighted by molar-refractivity contribution is 0.101. The smallest absolute Gasteiger partial charge is 0.299 e. The van der Waals surface area contributed by atoms with Crippen molar-refractivity contribution in [3.05, 3.63) is 81.2 Å². The van der Waals surface area contributed by atoms with Gasteiger partial charge in [-0.1, -0.05) is 35.5 Å². The Morgan fingerprint density at radius 2 is 1.86 bits per heavy atom. The van der Waals surface area contributed by atoms with Gasteiger partial charge in [-0.2, -0.15) is 9.50 Å². The minimum Gasteiger partial charge on any atom is -0.486 e. The van der Waals surface area contributed by atoms with Crippen LogP contribution in [0, 0.1) is 0 Å². The van der Waals surface area contributed by atoms with Crippen LogP contribution in [0.3, 0.4) is 0 Å². The van der Waals surface area contributed by atoms with Crippen LogP contribution in [0.5, 0.6) is 11.5 Å². The molecule has 0 saturated carbocycles. The molecule has 1 aliphatic rings. The highest BCUT2D eigenvalue weighted by molar-refractivity contribution is 7.98. The van der Waals surface area contributed by atoms with Crippen LogP contribution < -0.4 is 20.5 Å². The van der Waals surface area contributed by atoms with Gasteiger partial charge in [0.15, 0.2) is 17.0 Å². The Balaban J connectivity index is 1.25. The molecule has 3 aromatic heterocycles. The van der Waals surface area contributed by atoms with E-state index in [4.69, 9.17) is 21.1 Å². The summed E-state index contributed by atoms with van der Waals surface area (Å²) in [6, 6.07) is 13.9. The maximum absolute atomic E-state index is 13.0. The quantitative estimate of drug-likeness (QED) is 0.347. The largest absolute Gasteiger partial charge is 0.486 e. The fourth-order valence-corrected chi connectivity index (χ4v) is 4.52. The number of carbonyl (C=O) groups is 1. The predicted molar refractivity (Wildman–Crippen MR) is 132 cm³/mol. The summed E-state index contributed by atoms with van der Waals surface area (Å²) < 4.78 is 13.5. The Kier molecular flexibility index (Phi) is 5.66. The number of ether oxygens (including phenoxy) is 2. The number of amides is 1.